The summed E-state index contributed by atoms with van der Waals surface area (Å²) in [6, 6.07) is 12.6. The summed E-state index contributed by atoms with van der Waals surface area (Å²) in [7, 11) is -2.84. The molecule has 4 heterocycles. The molecule has 0 radical (unpaired) electrons. The highest BCUT2D eigenvalue weighted by molar-refractivity contribution is 6.71. The topological polar surface area (TPSA) is 152 Å². The van der Waals surface area contributed by atoms with E-state index in [-0.39, 0.29) is 54.4 Å². The molecule has 4 aliphatic rings. The minimum Gasteiger partial charge on any atom is -0.432 e. The van der Waals surface area contributed by atoms with Gasteiger partial charge in [-0.05, 0) is 94.2 Å². The van der Waals surface area contributed by atoms with Gasteiger partial charge in [-0.1, -0.05) is 19.1 Å². The van der Waals surface area contributed by atoms with Gasteiger partial charge in [-0.2, -0.15) is 0 Å². The quantitative estimate of drug-likeness (QED) is 0.230. The van der Waals surface area contributed by atoms with Crippen molar-refractivity contribution >= 4 is 43.1 Å². The fraction of sp³-hybridized carbons (Fsp3) is 0.545. The predicted molar refractivity (Wildman–Crippen MR) is 174 cm³/mol. The van der Waals surface area contributed by atoms with Crippen LogP contribution in [0.25, 0.3) is 0 Å². The number of benzene rings is 2. The number of carbonyl (C=O) groups excluding carboxylic acids is 3. The first-order valence-electron chi connectivity index (χ1n) is 16.2. The van der Waals surface area contributed by atoms with E-state index in [0.717, 1.165) is 44.3 Å². The van der Waals surface area contributed by atoms with Crippen LogP contribution in [0.2, 0.25) is 18.6 Å². The summed E-state index contributed by atoms with van der Waals surface area (Å²) in [4.78, 5) is 53.3. The van der Waals surface area contributed by atoms with Crippen molar-refractivity contribution in [2.75, 3.05) is 35.2 Å². The Bertz CT molecular complexity index is 1440. The Hall–Kier alpha value is -3.13. The van der Waals surface area contributed by atoms with E-state index in [4.69, 9.17) is 4.74 Å². The van der Waals surface area contributed by atoms with Crippen LogP contribution in [0, 0.1) is 5.92 Å². The Morgan fingerprint density at radius 2 is 1.60 bits per heavy atom. The van der Waals surface area contributed by atoms with E-state index in [1.54, 1.807) is 4.90 Å². The Labute approximate surface area is 265 Å². The molecule has 6 N–H and O–H groups in total. The predicted octanol–water partition coefficient (Wildman–Crippen LogP) is 2.79. The molecule has 12 heteroatoms. The molecule has 4 aliphatic heterocycles. The Morgan fingerprint density at radius 1 is 1.00 bits per heavy atom. The number of hydrogen-bond donors (Lipinski definition) is 6. The number of rotatable bonds is 9. The molecular formula is C33H45N5O6Si. The maximum absolute atomic E-state index is 14.6. The second-order valence-electron chi connectivity index (χ2n) is 13.5. The van der Waals surface area contributed by atoms with Gasteiger partial charge in [-0.15, -0.1) is 0 Å². The van der Waals surface area contributed by atoms with Crippen LogP contribution < -0.4 is 26.2 Å². The Kier molecular flexibility index (Phi) is 8.90. The molecule has 242 valence electrons. The number of hydrogen-bond acceptors (Lipinski definition) is 8. The van der Waals surface area contributed by atoms with Crippen molar-refractivity contribution in [3.05, 3.63) is 53.6 Å². The maximum Gasteiger partial charge on any atom is 0.264 e. The van der Waals surface area contributed by atoms with E-state index in [1.165, 1.54) is 0 Å². The van der Waals surface area contributed by atoms with Crippen LogP contribution in [-0.4, -0.2) is 73.8 Å². The first kappa shape index (κ1) is 31.8. The van der Waals surface area contributed by atoms with Gasteiger partial charge >= 0.3 is 0 Å². The van der Waals surface area contributed by atoms with Crippen molar-refractivity contribution in [2.45, 2.75) is 88.0 Å². The summed E-state index contributed by atoms with van der Waals surface area (Å²) in [5.41, 5.74) is 1.83. The third-order valence-electron chi connectivity index (χ3n) is 9.98. The zero-order valence-electron chi connectivity index (χ0n) is 26.3. The highest BCUT2D eigenvalue weighted by atomic mass is 28.4. The van der Waals surface area contributed by atoms with Gasteiger partial charge in [0.2, 0.25) is 11.8 Å². The second kappa shape index (κ2) is 12.6. The molecule has 0 saturated carbocycles. The van der Waals surface area contributed by atoms with E-state index in [1.807, 2.05) is 62.5 Å². The van der Waals surface area contributed by atoms with Crippen LogP contribution in [0.3, 0.4) is 0 Å². The van der Waals surface area contributed by atoms with Gasteiger partial charge in [-0.25, -0.2) is 0 Å². The Morgan fingerprint density at radius 3 is 2.16 bits per heavy atom. The first-order valence-corrected chi connectivity index (χ1v) is 19.2. The lowest BCUT2D eigenvalue weighted by atomic mass is 9.82. The molecule has 1 spiro atoms. The summed E-state index contributed by atoms with van der Waals surface area (Å²) >= 11 is 0. The van der Waals surface area contributed by atoms with E-state index in [0.29, 0.717) is 29.0 Å². The number of fused-ring (bicyclic) bond motifs is 2. The molecule has 0 aliphatic carbocycles. The number of nitrogens with one attached hydrogen (secondary N) is 4. The lowest BCUT2D eigenvalue weighted by Crippen LogP contribution is -2.46. The number of anilines is 3. The number of nitrogens with zero attached hydrogens (tertiary/aromatic N) is 1. The normalized spacial score (nSPS) is 29.4. The largest absolute Gasteiger partial charge is 0.432 e. The van der Waals surface area contributed by atoms with Gasteiger partial charge in [0, 0.05) is 35.0 Å². The zero-order chi connectivity index (χ0) is 31.9. The summed E-state index contributed by atoms with van der Waals surface area (Å²) in [6.07, 6.45) is 3.34. The molecule has 6 rings (SSSR count). The van der Waals surface area contributed by atoms with Crippen LogP contribution in [0.15, 0.2) is 42.5 Å². The average Bonchev–Trinajstić information content (AvgIpc) is 3.80. The second-order valence-corrected chi connectivity index (χ2v) is 17.4. The summed E-state index contributed by atoms with van der Waals surface area (Å²) in [5, 5.41) is 22.3. The molecule has 6 atom stereocenters. The van der Waals surface area contributed by atoms with Gasteiger partial charge in [0.1, 0.15) is 0 Å². The molecular weight excluding hydrogens is 590 g/mol. The Balaban J connectivity index is 1.31. The van der Waals surface area contributed by atoms with Crippen LogP contribution in [-0.2, 0) is 31.3 Å². The summed E-state index contributed by atoms with van der Waals surface area (Å²) < 4.78 is 6.72. The fourth-order valence-corrected chi connectivity index (χ4v) is 10.5. The number of aliphatic hydroxyl groups is 1. The molecule has 11 nitrogen and oxygen atoms in total. The van der Waals surface area contributed by atoms with E-state index < -0.39 is 20.0 Å². The highest BCUT2D eigenvalue weighted by Gasteiger charge is 2.66. The highest BCUT2D eigenvalue weighted by Crippen LogP contribution is 2.60. The SMILES string of the molecule is C[C@@H]1[C@@H]([Si](C)(C)O)[C@H](CCO)O[C@@]12C(=O)N(Cc1ccc(NC(=O)[C@H]3CCCN3)cc1)c1ccc(NC(=O)[C@H]3CCCN3)cc12. The van der Waals surface area contributed by atoms with Gasteiger partial charge in [0.15, 0.2) is 13.9 Å². The van der Waals surface area contributed by atoms with Crippen LogP contribution >= 0.6 is 0 Å². The smallest absolute Gasteiger partial charge is 0.264 e. The minimum atomic E-state index is -2.84. The zero-order valence-corrected chi connectivity index (χ0v) is 27.3. The molecule has 2 aromatic carbocycles. The molecule has 3 fully saturated rings. The van der Waals surface area contributed by atoms with Crippen LogP contribution in [0.1, 0.15) is 50.2 Å². The third kappa shape index (κ3) is 5.95. The molecule has 0 bridgehead atoms. The van der Waals surface area contributed by atoms with Crippen molar-refractivity contribution < 1.29 is 29.0 Å². The van der Waals surface area contributed by atoms with E-state index in [2.05, 4.69) is 21.3 Å². The average molecular weight is 636 g/mol. The van der Waals surface area contributed by atoms with Gasteiger partial charge in [-0.3, -0.25) is 14.4 Å². The maximum atomic E-state index is 14.6. The molecule has 0 aromatic heterocycles. The lowest BCUT2D eigenvalue weighted by molar-refractivity contribution is -0.146. The lowest BCUT2D eigenvalue weighted by Gasteiger charge is -2.32. The monoisotopic (exact) mass is 635 g/mol. The van der Waals surface area contributed by atoms with E-state index >= 15 is 0 Å². The van der Waals surface area contributed by atoms with Crippen molar-refractivity contribution in [1.29, 1.82) is 0 Å². The van der Waals surface area contributed by atoms with Crippen molar-refractivity contribution in [3.63, 3.8) is 0 Å². The van der Waals surface area contributed by atoms with E-state index in [9.17, 15) is 24.3 Å². The van der Waals surface area contributed by atoms with Gasteiger partial charge < -0.3 is 40.8 Å². The minimum absolute atomic E-state index is 0.0489. The molecule has 2 aromatic rings. The summed E-state index contributed by atoms with van der Waals surface area (Å²) in [5.74, 6) is -0.758. The molecule has 45 heavy (non-hydrogen) atoms. The standard InChI is InChI=1S/C33H45N5O6Si/c1-20-29(45(2,3)43)28(14-17-39)44-33(20)24-18-23(37-31(41)26-7-5-16-35-26)12-13-27(24)38(32(33)42)19-21-8-10-22(11-9-21)36-30(40)25-6-4-15-34-25/h8-13,18,20,25-26,28-29,34-35,39,43H,4-7,14-17,19H2,1-3H3,(H,36,40)(H,37,41)/t20-,25-,26-,28+,29-,33+/m1/s1. The van der Waals surface area contributed by atoms with Crippen LogP contribution in [0.4, 0.5) is 17.1 Å². The summed E-state index contributed by atoms with van der Waals surface area (Å²) in [6.45, 7) is 7.47. The number of ether oxygens (including phenoxy) is 1. The molecule has 0 unspecified atom stereocenters. The van der Waals surface area contributed by atoms with Crippen molar-refractivity contribution in [3.8, 4) is 0 Å². The van der Waals surface area contributed by atoms with Crippen molar-refractivity contribution in [2.24, 2.45) is 5.92 Å². The number of amides is 3. The fourth-order valence-electron chi connectivity index (χ4n) is 7.86. The van der Waals surface area contributed by atoms with Gasteiger partial charge in [0.25, 0.3) is 5.91 Å². The van der Waals surface area contributed by atoms with Gasteiger partial charge in [0.05, 0.1) is 30.4 Å². The third-order valence-corrected chi connectivity index (χ3v) is 12.5. The van der Waals surface area contributed by atoms with Crippen molar-refractivity contribution in [1.82, 2.24) is 10.6 Å². The van der Waals surface area contributed by atoms with Crippen LogP contribution in [0.5, 0.6) is 0 Å². The molecule has 3 amide bonds. The number of carbonyl (C=O) groups is 3. The number of aliphatic hydroxyl groups excluding tert-OH is 1. The molecule has 3 saturated heterocycles. The first-order chi connectivity index (χ1) is 21.5.